The number of ether oxygens (including phenoxy) is 1. The lowest BCUT2D eigenvalue weighted by molar-refractivity contribution is -0.138. The zero-order chi connectivity index (χ0) is 19.2. The Bertz CT molecular complexity index is 662. The minimum absolute atomic E-state index is 0.132. The van der Waals surface area contributed by atoms with Crippen molar-refractivity contribution in [2.45, 2.75) is 44.6 Å². The highest BCUT2D eigenvalue weighted by Gasteiger charge is 2.35. The first kappa shape index (κ1) is 19.7. The predicted octanol–water partition coefficient (Wildman–Crippen LogP) is 2.75. The first-order chi connectivity index (χ1) is 13.1. The van der Waals surface area contributed by atoms with Crippen LogP contribution < -0.4 is 10.1 Å². The maximum Gasteiger partial charge on any atom is 0.238 e. The molecule has 3 rings (SSSR count). The molecule has 1 aliphatic heterocycles. The molecule has 0 bridgehead atoms. The van der Waals surface area contributed by atoms with E-state index in [1.54, 1.807) is 18.1 Å². The van der Waals surface area contributed by atoms with Gasteiger partial charge in [-0.25, -0.2) is 0 Å². The summed E-state index contributed by atoms with van der Waals surface area (Å²) in [6, 6.07) is 7.68. The molecule has 6 heteroatoms. The Hall–Kier alpha value is -2.08. The number of amides is 2. The Morgan fingerprint density at radius 2 is 1.96 bits per heavy atom. The van der Waals surface area contributed by atoms with E-state index >= 15 is 0 Å². The van der Waals surface area contributed by atoms with E-state index in [2.05, 4.69) is 10.2 Å². The molecule has 1 N–H and O–H groups in total. The summed E-state index contributed by atoms with van der Waals surface area (Å²) in [4.78, 5) is 29.0. The Labute approximate surface area is 161 Å². The number of hydrogen-bond acceptors (Lipinski definition) is 4. The molecule has 6 nitrogen and oxygen atoms in total. The van der Waals surface area contributed by atoms with Gasteiger partial charge < -0.3 is 15.0 Å². The standard InChI is InChI=1S/C21H31N3O3/c1-23(14-20(25)22-17-9-5-10-18(13-17)27-2)15-21(26)24-12-6-8-16-7-3-4-11-19(16)24/h5,9-10,13,16,19H,3-4,6-8,11-12,14-15H2,1-2H3,(H,22,25)/t16-,19+/m1/s1. The van der Waals surface area contributed by atoms with Gasteiger partial charge in [0.25, 0.3) is 0 Å². The van der Waals surface area contributed by atoms with Crippen LogP contribution in [0.4, 0.5) is 5.69 Å². The lowest BCUT2D eigenvalue weighted by Crippen LogP contribution is -2.52. The topological polar surface area (TPSA) is 61.9 Å². The molecule has 1 aromatic rings. The molecule has 0 spiro atoms. The average Bonchev–Trinajstić information content (AvgIpc) is 2.67. The number of methoxy groups -OCH3 is 1. The molecule has 2 fully saturated rings. The Kier molecular flexibility index (Phi) is 6.72. The summed E-state index contributed by atoms with van der Waals surface area (Å²) in [7, 11) is 3.42. The van der Waals surface area contributed by atoms with Crippen LogP contribution in [0.3, 0.4) is 0 Å². The van der Waals surface area contributed by atoms with Crippen molar-refractivity contribution in [3.8, 4) is 5.75 Å². The number of hydrogen-bond donors (Lipinski definition) is 1. The van der Waals surface area contributed by atoms with Crippen LogP contribution in [0.15, 0.2) is 24.3 Å². The number of benzene rings is 1. The van der Waals surface area contributed by atoms with Crippen molar-refractivity contribution in [2.75, 3.05) is 39.1 Å². The Balaban J connectivity index is 1.49. The fourth-order valence-corrected chi connectivity index (χ4v) is 4.46. The van der Waals surface area contributed by atoms with E-state index in [4.69, 9.17) is 4.74 Å². The summed E-state index contributed by atoms with van der Waals surface area (Å²) in [5, 5.41) is 2.86. The highest BCUT2D eigenvalue weighted by atomic mass is 16.5. The monoisotopic (exact) mass is 373 g/mol. The van der Waals surface area contributed by atoms with Gasteiger partial charge in [-0.2, -0.15) is 0 Å². The lowest BCUT2D eigenvalue weighted by Gasteiger charge is -2.44. The molecule has 2 atom stereocenters. The Morgan fingerprint density at radius 3 is 2.78 bits per heavy atom. The van der Waals surface area contributed by atoms with Gasteiger partial charge in [0.15, 0.2) is 0 Å². The van der Waals surface area contributed by atoms with Crippen LogP contribution in [-0.4, -0.2) is 61.4 Å². The van der Waals surface area contributed by atoms with E-state index in [-0.39, 0.29) is 24.9 Å². The van der Waals surface area contributed by atoms with Crippen LogP contribution >= 0.6 is 0 Å². The molecule has 1 saturated heterocycles. The number of nitrogens with one attached hydrogen (secondary N) is 1. The van der Waals surface area contributed by atoms with Crippen molar-refractivity contribution in [3.05, 3.63) is 24.3 Å². The van der Waals surface area contributed by atoms with Crippen LogP contribution in [0, 0.1) is 5.92 Å². The van der Waals surface area contributed by atoms with E-state index < -0.39 is 0 Å². The normalized spacial score (nSPS) is 22.3. The van der Waals surface area contributed by atoms with Crippen LogP contribution in [0.2, 0.25) is 0 Å². The number of nitrogens with zero attached hydrogens (tertiary/aromatic N) is 2. The quantitative estimate of drug-likeness (QED) is 0.833. The van der Waals surface area contributed by atoms with Crippen molar-refractivity contribution >= 4 is 17.5 Å². The third-order valence-corrected chi connectivity index (χ3v) is 5.74. The summed E-state index contributed by atoms with van der Waals surface area (Å²) in [5.74, 6) is 1.40. The second kappa shape index (κ2) is 9.22. The molecule has 148 valence electrons. The predicted molar refractivity (Wildman–Crippen MR) is 106 cm³/mol. The van der Waals surface area contributed by atoms with Gasteiger partial charge >= 0.3 is 0 Å². The molecular formula is C21H31N3O3. The fourth-order valence-electron chi connectivity index (χ4n) is 4.46. The van der Waals surface area contributed by atoms with Crippen molar-refractivity contribution in [2.24, 2.45) is 5.92 Å². The van der Waals surface area contributed by atoms with Crippen LogP contribution in [0.1, 0.15) is 38.5 Å². The molecule has 0 aromatic heterocycles. The summed E-state index contributed by atoms with van der Waals surface area (Å²) >= 11 is 0. The van der Waals surface area contributed by atoms with Crippen LogP contribution in [0.25, 0.3) is 0 Å². The van der Waals surface area contributed by atoms with Crippen molar-refractivity contribution in [3.63, 3.8) is 0 Å². The maximum absolute atomic E-state index is 12.8. The van der Waals surface area contributed by atoms with E-state index in [0.717, 1.165) is 19.4 Å². The first-order valence-corrected chi connectivity index (χ1v) is 9.98. The van der Waals surface area contributed by atoms with E-state index in [1.165, 1.54) is 25.7 Å². The van der Waals surface area contributed by atoms with Crippen molar-refractivity contribution < 1.29 is 14.3 Å². The van der Waals surface area contributed by atoms with Gasteiger partial charge in [0.2, 0.25) is 11.8 Å². The molecule has 0 radical (unpaired) electrons. The smallest absolute Gasteiger partial charge is 0.238 e. The second-order valence-corrected chi connectivity index (χ2v) is 7.79. The number of likely N-dealkylation sites (tertiary alicyclic amines) is 1. The van der Waals surface area contributed by atoms with E-state index in [9.17, 15) is 9.59 Å². The summed E-state index contributed by atoms with van der Waals surface area (Å²) in [6.45, 7) is 1.34. The maximum atomic E-state index is 12.8. The van der Waals surface area contributed by atoms with Crippen LogP contribution in [0.5, 0.6) is 5.75 Å². The number of anilines is 1. The summed E-state index contributed by atoms with van der Waals surface area (Å²) < 4.78 is 5.17. The van der Waals surface area contributed by atoms with Gasteiger partial charge in [-0.05, 0) is 50.8 Å². The van der Waals surface area contributed by atoms with Crippen molar-refractivity contribution in [1.82, 2.24) is 9.80 Å². The van der Waals surface area contributed by atoms with Gasteiger partial charge in [0.05, 0.1) is 20.2 Å². The van der Waals surface area contributed by atoms with E-state index in [0.29, 0.717) is 23.4 Å². The van der Waals surface area contributed by atoms with Gasteiger partial charge in [-0.3, -0.25) is 14.5 Å². The molecule has 2 amide bonds. The molecule has 0 unspecified atom stereocenters. The van der Waals surface area contributed by atoms with Gasteiger partial charge in [0, 0.05) is 24.3 Å². The third-order valence-electron chi connectivity index (χ3n) is 5.74. The lowest BCUT2D eigenvalue weighted by atomic mass is 9.78. The number of carbonyl (C=O) groups excluding carboxylic acids is 2. The average molecular weight is 373 g/mol. The molecule has 1 heterocycles. The fraction of sp³-hybridized carbons (Fsp3) is 0.619. The first-order valence-electron chi connectivity index (χ1n) is 9.98. The number of carbonyl (C=O) groups is 2. The molecule has 1 aromatic carbocycles. The van der Waals surface area contributed by atoms with Crippen molar-refractivity contribution in [1.29, 1.82) is 0 Å². The SMILES string of the molecule is COc1cccc(NC(=O)CN(C)CC(=O)N2CCC[C@H]3CCCC[C@@H]32)c1. The number of likely N-dealkylation sites (N-methyl/N-ethyl adjacent to an activating group) is 1. The molecule has 2 aliphatic rings. The molecule has 1 aliphatic carbocycles. The highest BCUT2D eigenvalue weighted by molar-refractivity contribution is 5.92. The van der Waals surface area contributed by atoms with Gasteiger partial charge in [-0.1, -0.05) is 18.9 Å². The number of piperidine rings is 1. The number of fused-ring (bicyclic) bond motifs is 1. The molecule has 1 saturated carbocycles. The Morgan fingerprint density at radius 1 is 1.19 bits per heavy atom. The third kappa shape index (κ3) is 5.22. The zero-order valence-corrected chi connectivity index (χ0v) is 16.4. The molecule has 27 heavy (non-hydrogen) atoms. The largest absolute Gasteiger partial charge is 0.497 e. The zero-order valence-electron chi connectivity index (χ0n) is 16.4. The summed E-state index contributed by atoms with van der Waals surface area (Å²) in [6.07, 6.45) is 7.28. The van der Waals surface area contributed by atoms with Gasteiger partial charge in [-0.15, -0.1) is 0 Å². The minimum Gasteiger partial charge on any atom is -0.497 e. The second-order valence-electron chi connectivity index (χ2n) is 7.79. The molecular weight excluding hydrogens is 342 g/mol. The van der Waals surface area contributed by atoms with Gasteiger partial charge in [0.1, 0.15) is 5.75 Å². The minimum atomic E-state index is -0.132. The highest BCUT2D eigenvalue weighted by Crippen LogP contribution is 2.35. The van der Waals surface area contributed by atoms with E-state index in [1.807, 2.05) is 25.2 Å². The number of rotatable bonds is 6. The van der Waals surface area contributed by atoms with Crippen LogP contribution in [-0.2, 0) is 9.59 Å². The summed E-state index contributed by atoms with van der Waals surface area (Å²) in [5.41, 5.74) is 0.695.